The van der Waals surface area contributed by atoms with E-state index in [9.17, 15) is 4.79 Å². The predicted molar refractivity (Wildman–Crippen MR) is 108 cm³/mol. The molecular weight excluding hydrogens is 344 g/mol. The van der Waals surface area contributed by atoms with Gasteiger partial charge in [0.1, 0.15) is 5.75 Å². The fourth-order valence-corrected chi connectivity index (χ4v) is 3.13. The Morgan fingerprint density at radius 3 is 2.73 bits per heavy atom. The van der Waals surface area contributed by atoms with Gasteiger partial charge in [0.15, 0.2) is 5.13 Å². The van der Waals surface area contributed by atoms with Crippen molar-refractivity contribution >= 4 is 28.5 Å². The number of para-hydroxylation sites is 1. The van der Waals surface area contributed by atoms with Gasteiger partial charge in [-0.25, -0.2) is 4.98 Å². The molecular formula is C21H20N2O2S. The maximum absolute atomic E-state index is 12.2. The van der Waals surface area contributed by atoms with Gasteiger partial charge < -0.3 is 4.74 Å². The lowest BCUT2D eigenvalue weighted by Crippen LogP contribution is -2.07. The van der Waals surface area contributed by atoms with Crippen LogP contribution in [0.4, 0.5) is 5.13 Å². The predicted octanol–water partition coefficient (Wildman–Crippen LogP) is 5.17. The molecule has 0 unspecified atom stereocenters. The van der Waals surface area contributed by atoms with Crippen LogP contribution in [0.25, 0.3) is 17.3 Å². The molecule has 2 aromatic carbocycles. The van der Waals surface area contributed by atoms with E-state index in [2.05, 4.69) is 10.3 Å². The number of carbonyl (C=O) groups excluding carboxylic acids is 1. The van der Waals surface area contributed by atoms with Crippen molar-refractivity contribution in [2.45, 2.75) is 13.8 Å². The Bertz CT molecular complexity index is 914. The summed E-state index contributed by atoms with van der Waals surface area (Å²) < 4.78 is 5.56. The van der Waals surface area contributed by atoms with Crippen LogP contribution in [0.2, 0.25) is 0 Å². The molecule has 0 aliphatic carbocycles. The normalized spacial score (nSPS) is 10.8. The fourth-order valence-electron chi connectivity index (χ4n) is 2.41. The third kappa shape index (κ3) is 4.58. The number of hydrogen-bond acceptors (Lipinski definition) is 4. The number of aryl methyl sites for hydroxylation is 1. The third-order valence-electron chi connectivity index (χ3n) is 3.71. The van der Waals surface area contributed by atoms with Crippen molar-refractivity contribution in [2.24, 2.45) is 0 Å². The van der Waals surface area contributed by atoms with Crippen LogP contribution in [0.15, 0.2) is 60.0 Å². The van der Waals surface area contributed by atoms with Crippen LogP contribution >= 0.6 is 11.3 Å². The highest BCUT2D eigenvalue weighted by Gasteiger charge is 2.07. The highest BCUT2D eigenvalue weighted by Crippen LogP contribution is 2.25. The van der Waals surface area contributed by atoms with Crippen molar-refractivity contribution in [3.63, 3.8) is 0 Å². The minimum absolute atomic E-state index is 0.221. The van der Waals surface area contributed by atoms with Crippen LogP contribution < -0.4 is 10.1 Å². The average Bonchev–Trinajstić information content (AvgIpc) is 3.10. The molecule has 4 nitrogen and oxygen atoms in total. The van der Waals surface area contributed by atoms with Gasteiger partial charge in [-0.15, -0.1) is 11.3 Å². The van der Waals surface area contributed by atoms with Crippen molar-refractivity contribution in [2.75, 3.05) is 11.9 Å². The maximum atomic E-state index is 12.2. The molecule has 0 saturated carbocycles. The van der Waals surface area contributed by atoms with E-state index in [4.69, 9.17) is 4.74 Å². The number of aromatic nitrogens is 1. The summed E-state index contributed by atoms with van der Waals surface area (Å²) in [4.78, 5) is 16.7. The molecule has 0 fully saturated rings. The monoisotopic (exact) mass is 364 g/mol. The summed E-state index contributed by atoms with van der Waals surface area (Å²) in [5.41, 5.74) is 3.96. The number of anilines is 1. The number of ether oxygens (including phenoxy) is 1. The molecule has 0 aliphatic heterocycles. The molecule has 0 spiro atoms. The van der Waals surface area contributed by atoms with Gasteiger partial charge in [0, 0.05) is 22.6 Å². The van der Waals surface area contributed by atoms with Crippen molar-refractivity contribution in [1.82, 2.24) is 4.98 Å². The Morgan fingerprint density at radius 1 is 1.19 bits per heavy atom. The Balaban J connectivity index is 1.66. The fraction of sp³-hybridized carbons (Fsp3) is 0.143. The van der Waals surface area contributed by atoms with E-state index in [1.165, 1.54) is 23.0 Å². The zero-order valence-electron chi connectivity index (χ0n) is 14.7. The summed E-state index contributed by atoms with van der Waals surface area (Å²) in [5.74, 6) is 0.538. The number of amides is 1. The van der Waals surface area contributed by atoms with Gasteiger partial charge in [-0.1, -0.05) is 48.0 Å². The first-order chi connectivity index (χ1) is 12.7. The minimum Gasteiger partial charge on any atom is -0.493 e. The molecule has 5 heteroatoms. The van der Waals surface area contributed by atoms with Gasteiger partial charge in [-0.2, -0.15) is 0 Å². The zero-order valence-corrected chi connectivity index (χ0v) is 15.5. The molecule has 0 radical (unpaired) electrons. The summed E-state index contributed by atoms with van der Waals surface area (Å²) in [5, 5.41) is 5.32. The van der Waals surface area contributed by atoms with E-state index in [1.54, 1.807) is 6.08 Å². The largest absolute Gasteiger partial charge is 0.493 e. The van der Waals surface area contributed by atoms with Crippen LogP contribution in [0.5, 0.6) is 5.75 Å². The van der Waals surface area contributed by atoms with Crippen molar-refractivity contribution in [1.29, 1.82) is 0 Å². The first kappa shape index (κ1) is 17.9. The Labute approximate surface area is 157 Å². The quantitative estimate of drug-likeness (QED) is 0.614. The molecule has 3 rings (SSSR count). The number of hydrogen-bond donors (Lipinski definition) is 1. The van der Waals surface area contributed by atoms with Crippen LogP contribution in [-0.2, 0) is 4.79 Å². The van der Waals surface area contributed by atoms with E-state index in [-0.39, 0.29) is 5.91 Å². The number of nitrogens with zero attached hydrogens (tertiary/aromatic N) is 1. The molecule has 0 saturated heterocycles. The van der Waals surface area contributed by atoms with Crippen molar-refractivity contribution in [3.8, 4) is 17.0 Å². The third-order valence-corrected chi connectivity index (χ3v) is 4.47. The van der Waals surface area contributed by atoms with E-state index < -0.39 is 0 Å². The number of carbonyl (C=O) groups is 1. The number of thiazole rings is 1. The molecule has 26 heavy (non-hydrogen) atoms. The van der Waals surface area contributed by atoms with Gasteiger partial charge in [0.25, 0.3) is 0 Å². The standard InChI is InChI=1S/C21H20N2O2S/c1-3-25-19-7-5-4-6-17(19)12-13-20(24)23-21-22-18(14-26-21)16-10-8-15(2)9-11-16/h4-14H,3H2,1-2H3,(H,22,23,24). The highest BCUT2D eigenvalue weighted by atomic mass is 32.1. The number of nitrogens with one attached hydrogen (secondary N) is 1. The smallest absolute Gasteiger partial charge is 0.250 e. The second-order valence-electron chi connectivity index (χ2n) is 5.70. The van der Waals surface area contributed by atoms with Crippen LogP contribution in [0, 0.1) is 6.92 Å². The van der Waals surface area contributed by atoms with E-state index in [0.29, 0.717) is 11.7 Å². The number of rotatable bonds is 6. The van der Waals surface area contributed by atoms with E-state index in [0.717, 1.165) is 22.6 Å². The molecule has 1 amide bonds. The summed E-state index contributed by atoms with van der Waals surface area (Å²) >= 11 is 1.41. The Kier molecular flexibility index (Phi) is 5.81. The Hall–Kier alpha value is -2.92. The van der Waals surface area contributed by atoms with Gasteiger partial charge in [0.05, 0.1) is 12.3 Å². The molecule has 0 bridgehead atoms. The Morgan fingerprint density at radius 2 is 1.96 bits per heavy atom. The zero-order chi connectivity index (χ0) is 18.4. The second kappa shape index (κ2) is 8.45. The molecule has 132 valence electrons. The maximum Gasteiger partial charge on any atom is 0.250 e. The molecule has 0 atom stereocenters. The first-order valence-corrected chi connectivity index (χ1v) is 9.27. The summed E-state index contributed by atoms with van der Waals surface area (Å²) in [7, 11) is 0. The lowest BCUT2D eigenvalue weighted by molar-refractivity contribution is -0.111. The van der Waals surface area contributed by atoms with Crippen molar-refractivity contribution < 1.29 is 9.53 Å². The molecule has 1 N–H and O–H groups in total. The van der Waals surface area contributed by atoms with Gasteiger partial charge >= 0.3 is 0 Å². The van der Waals surface area contributed by atoms with Gasteiger partial charge in [-0.05, 0) is 26.0 Å². The SMILES string of the molecule is CCOc1ccccc1C=CC(=O)Nc1nc(-c2ccc(C)cc2)cs1. The molecule has 1 aromatic heterocycles. The van der Waals surface area contributed by atoms with Crippen LogP contribution in [-0.4, -0.2) is 17.5 Å². The minimum atomic E-state index is -0.221. The van der Waals surface area contributed by atoms with E-state index in [1.807, 2.05) is 67.8 Å². The second-order valence-corrected chi connectivity index (χ2v) is 6.56. The summed E-state index contributed by atoms with van der Waals surface area (Å²) in [6, 6.07) is 15.8. The summed E-state index contributed by atoms with van der Waals surface area (Å²) in [6.45, 7) is 4.56. The lowest BCUT2D eigenvalue weighted by Gasteiger charge is -2.06. The number of benzene rings is 2. The topological polar surface area (TPSA) is 51.2 Å². The van der Waals surface area contributed by atoms with Gasteiger partial charge in [0.2, 0.25) is 5.91 Å². The highest BCUT2D eigenvalue weighted by molar-refractivity contribution is 7.14. The van der Waals surface area contributed by atoms with Gasteiger partial charge in [-0.3, -0.25) is 10.1 Å². The first-order valence-electron chi connectivity index (χ1n) is 8.39. The van der Waals surface area contributed by atoms with E-state index >= 15 is 0 Å². The van der Waals surface area contributed by atoms with Crippen LogP contribution in [0.1, 0.15) is 18.1 Å². The molecule has 3 aromatic rings. The molecule has 0 aliphatic rings. The molecule has 1 heterocycles. The van der Waals surface area contributed by atoms with Crippen LogP contribution in [0.3, 0.4) is 0 Å². The summed E-state index contributed by atoms with van der Waals surface area (Å²) in [6.07, 6.45) is 3.24. The van der Waals surface area contributed by atoms with Crippen molar-refractivity contribution in [3.05, 3.63) is 71.1 Å². The lowest BCUT2D eigenvalue weighted by atomic mass is 10.1. The average molecular weight is 364 g/mol.